The van der Waals surface area contributed by atoms with Gasteiger partial charge in [0.15, 0.2) is 5.82 Å². The summed E-state index contributed by atoms with van der Waals surface area (Å²) in [5.74, 6) is 0.701. The fraction of sp³-hybridized carbons (Fsp3) is 0.385. The third kappa shape index (κ3) is 2.87. The molecule has 0 aliphatic heterocycles. The minimum absolute atomic E-state index is 0.271. The Bertz CT molecular complexity index is 509. The van der Waals surface area contributed by atoms with E-state index in [0.29, 0.717) is 12.4 Å². The Morgan fingerprint density at radius 1 is 1.44 bits per heavy atom. The van der Waals surface area contributed by atoms with Crippen LogP contribution in [-0.2, 0) is 4.74 Å². The van der Waals surface area contributed by atoms with E-state index in [1.54, 1.807) is 13.4 Å². The molecule has 2 N–H and O–H groups in total. The van der Waals surface area contributed by atoms with Crippen molar-refractivity contribution in [2.24, 2.45) is 0 Å². The van der Waals surface area contributed by atoms with Crippen LogP contribution in [0.25, 0.3) is 11.4 Å². The second-order valence-corrected chi connectivity index (χ2v) is 4.30. The third-order valence-electron chi connectivity index (χ3n) is 2.84. The van der Waals surface area contributed by atoms with Gasteiger partial charge in [-0.15, -0.1) is 0 Å². The molecule has 0 aliphatic carbocycles. The predicted octanol–water partition coefficient (Wildman–Crippen LogP) is 2.12. The van der Waals surface area contributed by atoms with Crippen LogP contribution in [0, 0.1) is 0 Å². The van der Waals surface area contributed by atoms with Crippen LogP contribution in [0.3, 0.4) is 0 Å². The highest BCUT2D eigenvalue weighted by molar-refractivity contribution is 5.60. The standard InChI is InChI=1S/C13H18N4O/c1-10(6-7-18-2)17-9-15-13(16-17)11-4-3-5-12(14)8-11/h3-5,8-10H,6-7,14H2,1-2H3. The summed E-state index contributed by atoms with van der Waals surface area (Å²) in [6.07, 6.45) is 2.66. The van der Waals surface area contributed by atoms with Crippen molar-refractivity contribution in [2.45, 2.75) is 19.4 Å². The lowest BCUT2D eigenvalue weighted by molar-refractivity contribution is 0.178. The van der Waals surface area contributed by atoms with Crippen LogP contribution in [-0.4, -0.2) is 28.5 Å². The normalized spacial score (nSPS) is 12.6. The van der Waals surface area contributed by atoms with Gasteiger partial charge in [0.2, 0.25) is 0 Å². The molecule has 2 rings (SSSR count). The molecular formula is C13H18N4O. The Morgan fingerprint density at radius 2 is 2.28 bits per heavy atom. The first-order chi connectivity index (χ1) is 8.70. The van der Waals surface area contributed by atoms with Crippen molar-refractivity contribution < 1.29 is 4.74 Å². The van der Waals surface area contributed by atoms with Gasteiger partial charge in [-0.05, 0) is 25.5 Å². The Balaban J connectivity index is 2.15. The molecule has 0 radical (unpaired) electrons. The van der Waals surface area contributed by atoms with E-state index >= 15 is 0 Å². The maximum atomic E-state index is 5.75. The maximum absolute atomic E-state index is 5.75. The van der Waals surface area contributed by atoms with Crippen LogP contribution >= 0.6 is 0 Å². The SMILES string of the molecule is COCCC(C)n1cnc(-c2cccc(N)c2)n1. The quantitative estimate of drug-likeness (QED) is 0.821. The third-order valence-corrected chi connectivity index (χ3v) is 2.84. The molecular weight excluding hydrogens is 228 g/mol. The molecule has 0 saturated carbocycles. The molecule has 5 nitrogen and oxygen atoms in total. The molecule has 1 aromatic heterocycles. The minimum Gasteiger partial charge on any atom is -0.399 e. The summed E-state index contributed by atoms with van der Waals surface area (Å²) in [7, 11) is 1.70. The van der Waals surface area contributed by atoms with Gasteiger partial charge >= 0.3 is 0 Å². The van der Waals surface area contributed by atoms with E-state index in [4.69, 9.17) is 10.5 Å². The van der Waals surface area contributed by atoms with Gasteiger partial charge in [0.25, 0.3) is 0 Å². The molecule has 1 unspecified atom stereocenters. The first kappa shape index (κ1) is 12.6. The summed E-state index contributed by atoms with van der Waals surface area (Å²) in [6.45, 7) is 2.81. The number of nitrogens with two attached hydrogens (primary N) is 1. The predicted molar refractivity (Wildman–Crippen MR) is 71.1 cm³/mol. The van der Waals surface area contributed by atoms with E-state index in [9.17, 15) is 0 Å². The molecule has 0 aliphatic rings. The number of hydrogen-bond acceptors (Lipinski definition) is 4. The Kier molecular flexibility index (Phi) is 3.94. The number of hydrogen-bond donors (Lipinski definition) is 1. The lowest BCUT2D eigenvalue weighted by Gasteiger charge is -2.09. The van der Waals surface area contributed by atoms with Crippen LogP contribution in [0.5, 0.6) is 0 Å². The van der Waals surface area contributed by atoms with Crippen molar-refractivity contribution >= 4 is 5.69 Å². The minimum atomic E-state index is 0.271. The number of rotatable bonds is 5. The molecule has 0 spiro atoms. The molecule has 1 heterocycles. The Morgan fingerprint density at radius 3 is 3.00 bits per heavy atom. The highest BCUT2D eigenvalue weighted by Crippen LogP contribution is 2.18. The van der Waals surface area contributed by atoms with E-state index in [-0.39, 0.29) is 6.04 Å². The number of nitrogen functional groups attached to an aromatic ring is 1. The van der Waals surface area contributed by atoms with E-state index in [1.165, 1.54) is 0 Å². The first-order valence-electron chi connectivity index (χ1n) is 5.96. The molecule has 0 bridgehead atoms. The van der Waals surface area contributed by atoms with Gasteiger partial charge in [-0.3, -0.25) is 0 Å². The van der Waals surface area contributed by atoms with Crippen molar-refractivity contribution in [1.29, 1.82) is 0 Å². The smallest absolute Gasteiger partial charge is 0.181 e. The summed E-state index contributed by atoms with van der Waals surface area (Å²) in [5, 5.41) is 4.47. The number of aromatic nitrogens is 3. The zero-order valence-electron chi connectivity index (χ0n) is 10.7. The topological polar surface area (TPSA) is 66.0 Å². The molecule has 0 saturated heterocycles. The molecule has 0 amide bonds. The second kappa shape index (κ2) is 5.64. The highest BCUT2D eigenvalue weighted by atomic mass is 16.5. The first-order valence-corrected chi connectivity index (χ1v) is 5.96. The molecule has 0 fully saturated rings. The zero-order chi connectivity index (χ0) is 13.0. The van der Waals surface area contributed by atoms with Crippen LogP contribution < -0.4 is 5.73 Å². The largest absolute Gasteiger partial charge is 0.399 e. The molecule has 96 valence electrons. The van der Waals surface area contributed by atoms with Crippen LogP contribution in [0.2, 0.25) is 0 Å². The maximum Gasteiger partial charge on any atom is 0.181 e. The van der Waals surface area contributed by atoms with Gasteiger partial charge < -0.3 is 10.5 Å². The molecule has 5 heteroatoms. The summed E-state index contributed by atoms with van der Waals surface area (Å²) in [5.41, 5.74) is 7.41. The molecule has 18 heavy (non-hydrogen) atoms. The van der Waals surface area contributed by atoms with E-state index in [1.807, 2.05) is 28.9 Å². The van der Waals surface area contributed by atoms with Gasteiger partial charge in [0.05, 0.1) is 6.04 Å². The fourth-order valence-corrected chi connectivity index (χ4v) is 1.72. The van der Waals surface area contributed by atoms with Crippen molar-refractivity contribution in [3.05, 3.63) is 30.6 Å². The monoisotopic (exact) mass is 246 g/mol. The van der Waals surface area contributed by atoms with Crippen molar-refractivity contribution in [1.82, 2.24) is 14.8 Å². The van der Waals surface area contributed by atoms with E-state index < -0.39 is 0 Å². The number of nitrogens with zero attached hydrogens (tertiary/aromatic N) is 3. The summed E-state index contributed by atoms with van der Waals surface area (Å²) < 4.78 is 6.92. The summed E-state index contributed by atoms with van der Waals surface area (Å²) >= 11 is 0. The van der Waals surface area contributed by atoms with Crippen molar-refractivity contribution in [3.63, 3.8) is 0 Å². The lowest BCUT2D eigenvalue weighted by Crippen LogP contribution is -2.08. The molecule has 1 aromatic carbocycles. The molecule has 2 aromatic rings. The number of benzene rings is 1. The highest BCUT2D eigenvalue weighted by Gasteiger charge is 2.09. The number of ether oxygens (including phenoxy) is 1. The Hall–Kier alpha value is -1.88. The van der Waals surface area contributed by atoms with E-state index in [2.05, 4.69) is 17.0 Å². The molecule has 1 atom stereocenters. The van der Waals surface area contributed by atoms with Gasteiger partial charge in [-0.2, -0.15) is 5.10 Å². The summed E-state index contributed by atoms with van der Waals surface area (Å²) in [4.78, 5) is 4.31. The summed E-state index contributed by atoms with van der Waals surface area (Å²) in [6, 6.07) is 7.85. The van der Waals surface area contributed by atoms with Crippen LogP contribution in [0.4, 0.5) is 5.69 Å². The fourth-order valence-electron chi connectivity index (χ4n) is 1.72. The number of methoxy groups -OCH3 is 1. The number of anilines is 1. The van der Waals surface area contributed by atoms with E-state index in [0.717, 1.165) is 17.7 Å². The van der Waals surface area contributed by atoms with Gasteiger partial charge in [-0.25, -0.2) is 9.67 Å². The van der Waals surface area contributed by atoms with Gasteiger partial charge in [-0.1, -0.05) is 12.1 Å². The Labute approximate surface area is 107 Å². The second-order valence-electron chi connectivity index (χ2n) is 4.30. The lowest BCUT2D eigenvalue weighted by atomic mass is 10.2. The zero-order valence-corrected chi connectivity index (χ0v) is 10.7. The van der Waals surface area contributed by atoms with Gasteiger partial charge in [0, 0.05) is 25.0 Å². The average molecular weight is 246 g/mol. The van der Waals surface area contributed by atoms with Crippen LogP contribution in [0.1, 0.15) is 19.4 Å². The van der Waals surface area contributed by atoms with Crippen LogP contribution in [0.15, 0.2) is 30.6 Å². The van der Waals surface area contributed by atoms with Crippen molar-refractivity contribution in [3.8, 4) is 11.4 Å². The van der Waals surface area contributed by atoms with Crippen molar-refractivity contribution in [2.75, 3.05) is 19.5 Å². The average Bonchev–Trinajstić information content (AvgIpc) is 2.85. The van der Waals surface area contributed by atoms with Gasteiger partial charge in [0.1, 0.15) is 6.33 Å².